The zero-order chi connectivity index (χ0) is 14.5. The minimum atomic E-state index is -0.371. The molecule has 0 amide bonds. The molecule has 102 valence electrons. The van der Waals surface area contributed by atoms with E-state index in [-0.39, 0.29) is 18.1 Å². The highest BCUT2D eigenvalue weighted by molar-refractivity contribution is 5.42. The van der Waals surface area contributed by atoms with Gasteiger partial charge in [0.25, 0.3) is 0 Å². The van der Waals surface area contributed by atoms with Crippen LogP contribution in [-0.2, 0) is 6.54 Å². The lowest BCUT2D eigenvalue weighted by Gasteiger charge is -2.08. The highest BCUT2D eigenvalue weighted by Gasteiger charge is 2.05. The molecule has 0 aliphatic carbocycles. The average Bonchev–Trinajstić information content (AvgIpc) is 2.43. The maximum absolute atomic E-state index is 13.3. The maximum Gasteiger partial charge on any atom is 0.347 e. The molecule has 20 heavy (non-hydrogen) atoms. The third-order valence-electron chi connectivity index (χ3n) is 2.72. The van der Waals surface area contributed by atoms with Crippen molar-refractivity contribution in [1.82, 2.24) is 9.55 Å². The topological polar surface area (TPSA) is 60.9 Å². The second kappa shape index (κ2) is 6.13. The Hall–Kier alpha value is -2.45. The molecule has 0 spiro atoms. The van der Waals surface area contributed by atoms with Gasteiger partial charge in [0.15, 0.2) is 0 Å². The van der Waals surface area contributed by atoms with Gasteiger partial charge in [-0.1, -0.05) is 17.9 Å². The first-order valence-electron chi connectivity index (χ1n) is 6.10. The van der Waals surface area contributed by atoms with Gasteiger partial charge in [0, 0.05) is 18.0 Å². The fourth-order valence-corrected chi connectivity index (χ4v) is 1.81. The SMILES string of the molecule is Cc1cnc(=O)n(Cc2ccc(F)cc2C#CCN)c1. The zero-order valence-electron chi connectivity index (χ0n) is 11.1. The normalized spacial score (nSPS) is 9.95. The molecule has 0 unspecified atom stereocenters. The van der Waals surface area contributed by atoms with Gasteiger partial charge in [0.1, 0.15) is 5.82 Å². The van der Waals surface area contributed by atoms with Crippen molar-refractivity contribution in [3.05, 3.63) is 63.6 Å². The zero-order valence-corrected chi connectivity index (χ0v) is 11.1. The van der Waals surface area contributed by atoms with Crippen molar-refractivity contribution in [3.8, 4) is 11.8 Å². The van der Waals surface area contributed by atoms with E-state index in [1.165, 1.54) is 22.9 Å². The van der Waals surface area contributed by atoms with Crippen molar-refractivity contribution in [3.63, 3.8) is 0 Å². The van der Waals surface area contributed by atoms with Crippen LogP contribution in [0.15, 0.2) is 35.4 Å². The number of nitrogens with zero attached hydrogens (tertiary/aromatic N) is 2. The first-order chi connectivity index (χ1) is 9.60. The summed E-state index contributed by atoms with van der Waals surface area (Å²) in [5.74, 6) is 5.14. The average molecular weight is 271 g/mol. The predicted molar refractivity (Wildman–Crippen MR) is 74.7 cm³/mol. The molecule has 1 aromatic carbocycles. The van der Waals surface area contributed by atoms with Crippen molar-refractivity contribution in [2.75, 3.05) is 6.54 Å². The Morgan fingerprint density at radius 2 is 2.25 bits per heavy atom. The van der Waals surface area contributed by atoms with E-state index in [0.29, 0.717) is 12.1 Å². The molecule has 0 bridgehead atoms. The number of benzene rings is 1. The Bertz CT molecular complexity index is 741. The van der Waals surface area contributed by atoms with Crippen molar-refractivity contribution in [2.45, 2.75) is 13.5 Å². The van der Waals surface area contributed by atoms with E-state index in [1.807, 2.05) is 6.92 Å². The van der Waals surface area contributed by atoms with E-state index < -0.39 is 0 Å². The van der Waals surface area contributed by atoms with Crippen LogP contribution in [0.25, 0.3) is 0 Å². The van der Waals surface area contributed by atoms with E-state index >= 15 is 0 Å². The van der Waals surface area contributed by atoms with Gasteiger partial charge in [0.2, 0.25) is 0 Å². The molecule has 0 aliphatic rings. The van der Waals surface area contributed by atoms with Gasteiger partial charge < -0.3 is 5.73 Å². The van der Waals surface area contributed by atoms with Crippen molar-refractivity contribution >= 4 is 0 Å². The highest BCUT2D eigenvalue weighted by Crippen LogP contribution is 2.11. The van der Waals surface area contributed by atoms with Crippen LogP contribution in [0.2, 0.25) is 0 Å². The number of aromatic nitrogens is 2. The first-order valence-corrected chi connectivity index (χ1v) is 6.10. The minimum absolute atomic E-state index is 0.196. The summed E-state index contributed by atoms with van der Waals surface area (Å²) in [6.07, 6.45) is 3.22. The predicted octanol–water partition coefficient (Wildman–Crippen LogP) is 1.05. The van der Waals surface area contributed by atoms with Crippen molar-refractivity contribution < 1.29 is 4.39 Å². The maximum atomic E-state index is 13.3. The number of rotatable bonds is 2. The van der Waals surface area contributed by atoms with Gasteiger partial charge in [-0.3, -0.25) is 4.57 Å². The molecule has 0 aliphatic heterocycles. The Morgan fingerprint density at radius 1 is 1.45 bits per heavy atom. The monoisotopic (exact) mass is 271 g/mol. The first kappa shape index (κ1) is 14.0. The molecule has 2 aromatic rings. The van der Waals surface area contributed by atoms with Crippen LogP contribution in [0.5, 0.6) is 0 Å². The molecule has 0 saturated heterocycles. The van der Waals surface area contributed by atoms with E-state index in [0.717, 1.165) is 11.1 Å². The van der Waals surface area contributed by atoms with Gasteiger partial charge >= 0.3 is 5.69 Å². The lowest BCUT2D eigenvalue weighted by Crippen LogP contribution is -2.23. The van der Waals surface area contributed by atoms with E-state index in [4.69, 9.17) is 5.73 Å². The van der Waals surface area contributed by atoms with Gasteiger partial charge in [-0.05, 0) is 30.2 Å². The molecule has 1 aromatic heterocycles. The van der Waals surface area contributed by atoms with Crippen LogP contribution in [0.4, 0.5) is 4.39 Å². The molecule has 5 heteroatoms. The molecule has 0 atom stereocenters. The summed E-state index contributed by atoms with van der Waals surface area (Å²) in [6, 6.07) is 4.30. The number of nitrogens with two attached hydrogens (primary N) is 1. The number of aryl methyl sites for hydroxylation is 1. The van der Waals surface area contributed by atoms with Crippen LogP contribution in [0, 0.1) is 24.6 Å². The molecule has 0 fully saturated rings. The molecule has 1 heterocycles. The summed E-state index contributed by atoms with van der Waals surface area (Å²) >= 11 is 0. The fraction of sp³-hybridized carbons (Fsp3) is 0.200. The van der Waals surface area contributed by atoms with E-state index in [9.17, 15) is 9.18 Å². The summed E-state index contributed by atoms with van der Waals surface area (Å²) in [7, 11) is 0. The van der Waals surface area contributed by atoms with E-state index in [1.54, 1.807) is 12.3 Å². The lowest BCUT2D eigenvalue weighted by molar-refractivity contribution is 0.625. The van der Waals surface area contributed by atoms with Gasteiger partial charge in [-0.15, -0.1) is 0 Å². The summed E-state index contributed by atoms with van der Waals surface area (Å²) in [6.45, 7) is 2.34. The molecular weight excluding hydrogens is 257 g/mol. The molecule has 2 N–H and O–H groups in total. The Labute approximate surface area is 116 Å². The Kier molecular flexibility index (Phi) is 4.28. The van der Waals surface area contributed by atoms with Crippen molar-refractivity contribution in [1.29, 1.82) is 0 Å². The summed E-state index contributed by atoms with van der Waals surface area (Å²) in [5.41, 5.74) is 7.14. The van der Waals surface area contributed by atoms with E-state index in [2.05, 4.69) is 16.8 Å². The second-order valence-corrected chi connectivity index (χ2v) is 4.35. The quantitative estimate of drug-likeness (QED) is 0.830. The number of hydrogen-bond acceptors (Lipinski definition) is 3. The molecule has 0 saturated carbocycles. The Morgan fingerprint density at radius 3 is 3.00 bits per heavy atom. The molecule has 2 rings (SSSR count). The fourth-order valence-electron chi connectivity index (χ4n) is 1.81. The van der Waals surface area contributed by atoms with Crippen LogP contribution >= 0.6 is 0 Å². The standard InChI is InChI=1S/C15H14FN3O/c1-11-8-18-15(20)19(9-11)10-13-4-5-14(16)7-12(13)3-2-6-17/h4-5,7-9H,6,10,17H2,1H3. The summed E-state index contributed by atoms with van der Waals surface area (Å²) < 4.78 is 14.7. The van der Waals surface area contributed by atoms with Crippen LogP contribution in [0.1, 0.15) is 16.7 Å². The van der Waals surface area contributed by atoms with Gasteiger partial charge in [-0.25, -0.2) is 14.2 Å². The third kappa shape index (κ3) is 3.31. The largest absolute Gasteiger partial charge is 0.347 e. The summed E-state index contributed by atoms with van der Waals surface area (Å²) in [4.78, 5) is 15.5. The van der Waals surface area contributed by atoms with Crippen molar-refractivity contribution in [2.24, 2.45) is 5.73 Å². The molecule has 0 radical (unpaired) electrons. The molecular formula is C15H14FN3O. The third-order valence-corrected chi connectivity index (χ3v) is 2.72. The van der Waals surface area contributed by atoms with Crippen LogP contribution in [0.3, 0.4) is 0 Å². The number of hydrogen-bond donors (Lipinski definition) is 1. The van der Waals surface area contributed by atoms with Gasteiger partial charge in [-0.2, -0.15) is 0 Å². The lowest BCUT2D eigenvalue weighted by atomic mass is 10.1. The van der Waals surface area contributed by atoms with Crippen LogP contribution < -0.4 is 11.4 Å². The molecule has 4 nitrogen and oxygen atoms in total. The number of halogens is 1. The Balaban J connectivity index is 2.43. The van der Waals surface area contributed by atoms with Gasteiger partial charge in [0.05, 0.1) is 13.1 Å². The van der Waals surface area contributed by atoms with Crippen LogP contribution in [-0.4, -0.2) is 16.1 Å². The minimum Gasteiger partial charge on any atom is -0.320 e. The smallest absolute Gasteiger partial charge is 0.320 e. The highest BCUT2D eigenvalue weighted by atomic mass is 19.1. The summed E-state index contributed by atoms with van der Waals surface area (Å²) in [5, 5.41) is 0. The second-order valence-electron chi connectivity index (χ2n) is 4.35.